The monoisotopic (exact) mass is 333 g/mol. The van der Waals surface area contributed by atoms with Gasteiger partial charge in [0.25, 0.3) is 0 Å². The molecule has 2 heterocycles. The van der Waals surface area contributed by atoms with Crippen LogP contribution in [-0.4, -0.2) is 21.1 Å². The number of aromatic nitrogens is 2. The van der Waals surface area contributed by atoms with Crippen molar-refractivity contribution in [1.29, 1.82) is 0 Å². The van der Waals surface area contributed by atoms with Gasteiger partial charge in [0.05, 0.1) is 11.4 Å². The fourth-order valence-electron chi connectivity index (χ4n) is 3.32. The minimum atomic E-state index is -0.0909. The number of imidazole rings is 1. The molecule has 1 aliphatic carbocycles. The second-order valence-electron chi connectivity index (χ2n) is 6.44. The molecule has 0 saturated heterocycles. The fourth-order valence-corrected chi connectivity index (χ4v) is 3.32. The molecule has 1 N–H and O–H groups in total. The highest BCUT2D eigenvalue weighted by Crippen LogP contribution is 2.29. The second-order valence-corrected chi connectivity index (χ2v) is 6.44. The topological polar surface area (TPSA) is 63.5 Å². The molecule has 126 valence electrons. The number of nitrogens with zero attached hydrogens (tertiary/aromatic N) is 2. The summed E-state index contributed by atoms with van der Waals surface area (Å²) in [5.41, 5.74) is 3.34. The van der Waals surface area contributed by atoms with E-state index in [-0.39, 0.29) is 17.6 Å². The van der Waals surface area contributed by atoms with E-state index < -0.39 is 0 Å². The number of para-hydroxylation sites is 1. The van der Waals surface area contributed by atoms with Crippen LogP contribution in [-0.2, 0) is 9.59 Å². The number of Topliss-reactive ketones (excluding diaryl/α,β-unsaturated/α-hetero) is 1. The molecule has 1 aliphatic rings. The molecule has 3 aromatic rings. The van der Waals surface area contributed by atoms with Crippen molar-refractivity contribution >= 4 is 23.0 Å². The van der Waals surface area contributed by atoms with Gasteiger partial charge in [-0.2, -0.15) is 0 Å². The van der Waals surface area contributed by atoms with E-state index in [1.165, 1.54) is 0 Å². The van der Waals surface area contributed by atoms with Gasteiger partial charge in [-0.1, -0.05) is 24.3 Å². The number of ketones is 1. The molecule has 1 aromatic carbocycles. The zero-order valence-electron chi connectivity index (χ0n) is 13.8. The maximum Gasteiger partial charge on any atom is 0.227 e. The Morgan fingerprint density at radius 3 is 2.64 bits per heavy atom. The lowest BCUT2D eigenvalue weighted by Gasteiger charge is -2.20. The number of hydrogen-bond acceptors (Lipinski definition) is 3. The van der Waals surface area contributed by atoms with Crippen LogP contribution in [0.1, 0.15) is 25.7 Å². The van der Waals surface area contributed by atoms with Crippen LogP contribution in [0.15, 0.2) is 54.9 Å². The lowest BCUT2D eigenvalue weighted by Crippen LogP contribution is -2.27. The van der Waals surface area contributed by atoms with Crippen molar-refractivity contribution in [3.63, 3.8) is 0 Å². The molecule has 1 fully saturated rings. The third kappa shape index (κ3) is 3.18. The summed E-state index contributed by atoms with van der Waals surface area (Å²) in [4.78, 5) is 28.6. The summed E-state index contributed by atoms with van der Waals surface area (Å²) < 4.78 is 1.96. The fraction of sp³-hybridized carbons (Fsp3) is 0.250. The van der Waals surface area contributed by atoms with Gasteiger partial charge in [-0.25, -0.2) is 4.98 Å². The summed E-state index contributed by atoms with van der Waals surface area (Å²) in [7, 11) is 0. The highest BCUT2D eigenvalue weighted by molar-refractivity contribution is 5.97. The summed E-state index contributed by atoms with van der Waals surface area (Å²) in [6, 6.07) is 13.5. The number of rotatable bonds is 3. The molecule has 25 heavy (non-hydrogen) atoms. The van der Waals surface area contributed by atoms with Gasteiger partial charge in [-0.05, 0) is 31.0 Å². The summed E-state index contributed by atoms with van der Waals surface area (Å²) in [6.45, 7) is 0. The smallest absolute Gasteiger partial charge is 0.227 e. The molecule has 2 aromatic heterocycles. The van der Waals surface area contributed by atoms with Gasteiger partial charge in [-0.15, -0.1) is 0 Å². The van der Waals surface area contributed by atoms with Gasteiger partial charge < -0.3 is 9.72 Å². The predicted octanol–water partition coefficient (Wildman–Crippen LogP) is 3.70. The van der Waals surface area contributed by atoms with E-state index in [1.807, 2.05) is 59.3 Å². The van der Waals surface area contributed by atoms with Gasteiger partial charge in [0.2, 0.25) is 5.91 Å². The van der Waals surface area contributed by atoms with Crippen LogP contribution in [0.2, 0.25) is 0 Å². The van der Waals surface area contributed by atoms with Crippen molar-refractivity contribution in [3.05, 3.63) is 54.9 Å². The quantitative estimate of drug-likeness (QED) is 0.795. The maximum atomic E-state index is 12.6. The van der Waals surface area contributed by atoms with Gasteiger partial charge in [0.15, 0.2) is 0 Å². The van der Waals surface area contributed by atoms with Crippen LogP contribution in [0.4, 0.5) is 5.69 Å². The molecule has 5 nitrogen and oxygen atoms in total. The zero-order valence-corrected chi connectivity index (χ0v) is 13.8. The highest BCUT2D eigenvalue weighted by Gasteiger charge is 2.25. The third-order valence-electron chi connectivity index (χ3n) is 4.74. The van der Waals surface area contributed by atoms with Crippen LogP contribution in [0.5, 0.6) is 0 Å². The lowest BCUT2D eigenvalue weighted by atomic mass is 9.88. The maximum absolute atomic E-state index is 12.6. The van der Waals surface area contributed by atoms with Crippen molar-refractivity contribution < 1.29 is 9.59 Å². The Morgan fingerprint density at radius 1 is 1.08 bits per heavy atom. The Hall–Kier alpha value is -2.95. The Kier molecular flexibility index (Phi) is 4.06. The molecular weight excluding hydrogens is 314 g/mol. The molecule has 0 radical (unpaired) electrons. The van der Waals surface area contributed by atoms with E-state index in [1.54, 1.807) is 0 Å². The predicted molar refractivity (Wildman–Crippen MR) is 96.2 cm³/mol. The number of benzene rings is 1. The van der Waals surface area contributed by atoms with E-state index in [0.29, 0.717) is 25.7 Å². The molecule has 0 spiro atoms. The number of pyridine rings is 1. The van der Waals surface area contributed by atoms with Crippen molar-refractivity contribution in [1.82, 2.24) is 9.38 Å². The standard InChI is InChI=1S/C20H19N3O2/c24-15-10-8-14(9-11-15)20(25)22-17-6-2-1-5-16(17)18-13-23-12-4-3-7-19(23)21-18/h1-7,12-14H,8-11H2,(H,22,25). The summed E-state index contributed by atoms with van der Waals surface area (Å²) in [5.74, 6) is 0.157. The number of amides is 1. The highest BCUT2D eigenvalue weighted by atomic mass is 16.2. The number of nitrogens with one attached hydrogen (secondary N) is 1. The van der Waals surface area contributed by atoms with Crippen molar-refractivity contribution in [3.8, 4) is 11.3 Å². The Labute approximate surface area is 145 Å². The van der Waals surface area contributed by atoms with Gasteiger partial charge in [-0.3, -0.25) is 9.59 Å². The molecule has 1 amide bonds. The van der Waals surface area contributed by atoms with E-state index >= 15 is 0 Å². The molecule has 1 saturated carbocycles. The van der Waals surface area contributed by atoms with Crippen molar-refractivity contribution in [2.75, 3.05) is 5.32 Å². The first kappa shape index (κ1) is 15.6. The van der Waals surface area contributed by atoms with Gasteiger partial charge >= 0.3 is 0 Å². The molecule has 0 aliphatic heterocycles. The molecule has 0 atom stereocenters. The largest absolute Gasteiger partial charge is 0.325 e. The zero-order chi connectivity index (χ0) is 17.2. The van der Waals surface area contributed by atoms with Crippen LogP contribution in [0.3, 0.4) is 0 Å². The first-order chi connectivity index (χ1) is 12.2. The average Bonchev–Trinajstić information content (AvgIpc) is 3.06. The Bertz CT molecular complexity index is 902. The van der Waals surface area contributed by atoms with Gasteiger partial charge in [0, 0.05) is 36.7 Å². The van der Waals surface area contributed by atoms with E-state index in [2.05, 4.69) is 10.3 Å². The Balaban J connectivity index is 1.60. The first-order valence-electron chi connectivity index (χ1n) is 8.56. The Morgan fingerprint density at radius 2 is 1.84 bits per heavy atom. The van der Waals surface area contributed by atoms with E-state index in [4.69, 9.17) is 0 Å². The van der Waals surface area contributed by atoms with E-state index in [9.17, 15) is 9.59 Å². The number of anilines is 1. The van der Waals surface area contributed by atoms with Gasteiger partial charge in [0.1, 0.15) is 11.4 Å². The second kappa shape index (κ2) is 6.51. The number of fused-ring (bicyclic) bond motifs is 1. The summed E-state index contributed by atoms with van der Waals surface area (Å²) in [5, 5.41) is 3.04. The molecule has 0 unspecified atom stereocenters. The van der Waals surface area contributed by atoms with Crippen LogP contribution < -0.4 is 5.32 Å². The number of carbonyl (C=O) groups excluding carboxylic acids is 2. The van der Waals surface area contributed by atoms with Crippen molar-refractivity contribution in [2.24, 2.45) is 5.92 Å². The SMILES string of the molecule is O=C1CCC(C(=O)Nc2ccccc2-c2cn3ccccc3n2)CC1. The van der Waals surface area contributed by atoms with Crippen LogP contribution in [0, 0.1) is 5.92 Å². The first-order valence-corrected chi connectivity index (χ1v) is 8.56. The minimum absolute atomic E-state index is 0.0104. The minimum Gasteiger partial charge on any atom is -0.325 e. The normalized spacial score (nSPS) is 15.4. The third-order valence-corrected chi connectivity index (χ3v) is 4.74. The van der Waals surface area contributed by atoms with Crippen molar-refractivity contribution in [2.45, 2.75) is 25.7 Å². The molecule has 4 rings (SSSR count). The number of carbonyl (C=O) groups is 2. The van der Waals surface area contributed by atoms with Crippen LogP contribution in [0.25, 0.3) is 16.9 Å². The lowest BCUT2D eigenvalue weighted by molar-refractivity contribution is -0.125. The average molecular weight is 333 g/mol. The number of hydrogen-bond donors (Lipinski definition) is 1. The van der Waals surface area contributed by atoms with E-state index in [0.717, 1.165) is 22.6 Å². The van der Waals surface area contributed by atoms with Crippen LogP contribution >= 0.6 is 0 Å². The summed E-state index contributed by atoms with van der Waals surface area (Å²) >= 11 is 0. The summed E-state index contributed by atoms with van der Waals surface area (Å²) in [6.07, 6.45) is 6.20. The molecule has 5 heteroatoms. The molecule has 0 bridgehead atoms. The molecular formula is C20H19N3O2.